The molecule has 16 heavy (non-hydrogen) atoms. The summed E-state index contributed by atoms with van der Waals surface area (Å²) in [6.45, 7) is 2.37. The van der Waals surface area contributed by atoms with Crippen molar-refractivity contribution in [2.45, 2.75) is 13.5 Å². The molecule has 0 aliphatic carbocycles. The summed E-state index contributed by atoms with van der Waals surface area (Å²) in [6.07, 6.45) is 0. The van der Waals surface area contributed by atoms with Gasteiger partial charge in [-0.25, -0.2) is 4.79 Å². The number of aromatic carboxylic acids is 1. The topological polar surface area (TPSA) is 89.7 Å². The van der Waals surface area contributed by atoms with E-state index >= 15 is 0 Å². The van der Waals surface area contributed by atoms with Gasteiger partial charge >= 0.3 is 5.97 Å². The first-order chi connectivity index (χ1) is 7.56. The van der Waals surface area contributed by atoms with Gasteiger partial charge in [0.25, 0.3) is 5.69 Å². The Bertz CT molecular complexity index is 416. The van der Waals surface area contributed by atoms with Crippen molar-refractivity contribution in [2.75, 3.05) is 6.61 Å². The molecule has 1 N–H and O–H groups in total. The Morgan fingerprint density at radius 2 is 2.25 bits per heavy atom. The lowest BCUT2D eigenvalue weighted by molar-refractivity contribution is -0.384. The minimum absolute atomic E-state index is 0.0948. The van der Waals surface area contributed by atoms with Gasteiger partial charge in [0, 0.05) is 18.7 Å². The second kappa shape index (κ2) is 5.22. The van der Waals surface area contributed by atoms with Crippen LogP contribution in [0.3, 0.4) is 0 Å². The fourth-order valence-corrected chi connectivity index (χ4v) is 1.21. The molecule has 0 aliphatic heterocycles. The molecule has 0 bridgehead atoms. The number of nitro groups is 1. The first-order valence-corrected chi connectivity index (χ1v) is 4.64. The van der Waals surface area contributed by atoms with Crippen LogP contribution < -0.4 is 0 Å². The molecule has 6 heteroatoms. The predicted molar refractivity (Wildman–Crippen MR) is 55.4 cm³/mol. The minimum atomic E-state index is -1.20. The Hall–Kier alpha value is -1.95. The molecule has 0 aromatic heterocycles. The van der Waals surface area contributed by atoms with E-state index in [0.29, 0.717) is 12.2 Å². The van der Waals surface area contributed by atoms with Crippen LogP contribution in [0.1, 0.15) is 22.8 Å². The van der Waals surface area contributed by atoms with E-state index in [1.807, 2.05) is 0 Å². The third-order valence-electron chi connectivity index (χ3n) is 2.00. The summed E-state index contributed by atoms with van der Waals surface area (Å²) in [5.41, 5.74) is 0.0975. The number of nitrogens with zero attached hydrogens (tertiary/aromatic N) is 1. The number of carboxylic acid groups (broad SMARTS) is 1. The molecule has 1 aromatic carbocycles. The average Bonchev–Trinajstić information content (AvgIpc) is 2.25. The summed E-state index contributed by atoms with van der Waals surface area (Å²) >= 11 is 0. The van der Waals surface area contributed by atoms with Crippen LogP contribution in [0.2, 0.25) is 0 Å². The normalized spacial score (nSPS) is 10.1. The van der Waals surface area contributed by atoms with E-state index in [1.54, 1.807) is 6.92 Å². The summed E-state index contributed by atoms with van der Waals surface area (Å²) < 4.78 is 5.08. The summed E-state index contributed by atoms with van der Waals surface area (Å²) in [7, 11) is 0. The molecule has 0 aliphatic rings. The van der Waals surface area contributed by atoms with E-state index in [0.717, 1.165) is 6.07 Å². The van der Waals surface area contributed by atoms with Crippen LogP contribution in [-0.2, 0) is 11.3 Å². The highest BCUT2D eigenvalue weighted by Crippen LogP contribution is 2.18. The van der Waals surface area contributed by atoms with Gasteiger partial charge in [0.15, 0.2) is 0 Å². The average molecular weight is 225 g/mol. The van der Waals surface area contributed by atoms with Crippen LogP contribution in [0.15, 0.2) is 18.2 Å². The van der Waals surface area contributed by atoms with Gasteiger partial charge in [-0.2, -0.15) is 0 Å². The number of hydrogen-bond donors (Lipinski definition) is 1. The number of ether oxygens (including phenoxy) is 1. The summed E-state index contributed by atoms with van der Waals surface area (Å²) in [6, 6.07) is 3.70. The van der Waals surface area contributed by atoms with Crippen molar-refractivity contribution in [2.24, 2.45) is 0 Å². The quantitative estimate of drug-likeness (QED) is 0.609. The van der Waals surface area contributed by atoms with Crippen LogP contribution in [0.25, 0.3) is 0 Å². The number of non-ortho nitro benzene ring substituents is 1. The highest BCUT2D eigenvalue weighted by Gasteiger charge is 2.15. The van der Waals surface area contributed by atoms with Crippen molar-refractivity contribution in [1.29, 1.82) is 0 Å². The van der Waals surface area contributed by atoms with E-state index in [2.05, 4.69) is 0 Å². The van der Waals surface area contributed by atoms with Crippen LogP contribution in [-0.4, -0.2) is 22.6 Å². The Balaban J connectivity index is 3.09. The molecule has 0 atom stereocenters. The van der Waals surface area contributed by atoms with Crippen molar-refractivity contribution in [3.8, 4) is 0 Å². The van der Waals surface area contributed by atoms with Gasteiger partial charge in [0.05, 0.1) is 17.1 Å². The molecule has 6 nitrogen and oxygen atoms in total. The number of hydrogen-bond acceptors (Lipinski definition) is 4. The molecular weight excluding hydrogens is 214 g/mol. The second-order valence-corrected chi connectivity index (χ2v) is 3.04. The largest absolute Gasteiger partial charge is 0.478 e. The monoisotopic (exact) mass is 225 g/mol. The van der Waals surface area contributed by atoms with Crippen molar-refractivity contribution in [1.82, 2.24) is 0 Å². The van der Waals surface area contributed by atoms with Crippen molar-refractivity contribution < 1.29 is 19.6 Å². The van der Waals surface area contributed by atoms with Crippen LogP contribution >= 0.6 is 0 Å². The van der Waals surface area contributed by atoms with E-state index < -0.39 is 10.9 Å². The lowest BCUT2D eigenvalue weighted by atomic mass is 10.1. The van der Waals surface area contributed by atoms with Crippen molar-refractivity contribution in [3.05, 3.63) is 39.4 Å². The molecule has 0 fully saturated rings. The number of carboxylic acids is 1. The molecule has 0 unspecified atom stereocenters. The zero-order chi connectivity index (χ0) is 12.1. The molecule has 0 heterocycles. The van der Waals surface area contributed by atoms with Crippen LogP contribution in [0.4, 0.5) is 5.69 Å². The number of benzene rings is 1. The highest BCUT2D eigenvalue weighted by molar-refractivity contribution is 5.90. The van der Waals surface area contributed by atoms with Crippen molar-refractivity contribution in [3.63, 3.8) is 0 Å². The smallest absolute Gasteiger partial charge is 0.336 e. The maximum atomic E-state index is 10.9. The Labute approximate surface area is 91.6 Å². The maximum absolute atomic E-state index is 10.9. The molecule has 0 spiro atoms. The molecule has 1 rings (SSSR count). The summed E-state index contributed by atoms with van der Waals surface area (Å²) in [5, 5.41) is 19.4. The third-order valence-corrected chi connectivity index (χ3v) is 2.00. The minimum Gasteiger partial charge on any atom is -0.478 e. The van der Waals surface area contributed by atoms with E-state index in [4.69, 9.17) is 9.84 Å². The summed E-state index contributed by atoms with van der Waals surface area (Å²) in [4.78, 5) is 20.7. The van der Waals surface area contributed by atoms with E-state index in [-0.39, 0.29) is 17.9 Å². The number of carbonyl (C=O) groups is 1. The van der Waals surface area contributed by atoms with Gasteiger partial charge in [0.2, 0.25) is 0 Å². The zero-order valence-electron chi connectivity index (χ0n) is 8.67. The first kappa shape index (κ1) is 12.1. The van der Waals surface area contributed by atoms with Crippen LogP contribution in [0.5, 0.6) is 0 Å². The van der Waals surface area contributed by atoms with E-state index in [9.17, 15) is 14.9 Å². The van der Waals surface area contributed by atoms with Gasteiger partial charge < -0.3 is 9.84 Å². The zero-order valence-corrected chi connectivity index (χ0v) is 8.67. The van der Waals surface area contributed by atoms with Gasteiger partial charge in [-0.05, 0) is 18.6 Å². The van der Waals surface area contributed by atoms with Gasteiger partial charge in [-0.15, -0.1) is 0 Å². The molecule has 0 saturated carbocycles. The Morgan fingerprint density at radius 1 is 1.56 bits per heavy atom. The number of rotatable bonds is 5. The van der Waals surface area contributed by atoms with E-state index in [1.165, 1.54) is 12.1 Å². The predicted octanol–water partition coefficient (Wildman–Crippen LogP) is 1.83. The molecule has 86 valence electrons. The van der Waals surface area contributed by atoms with Crippen LogP contribution in [0, 0.1) is 10.1 Å². The van der Waals surface area contributed by atoms with Crippen molar-refractivity contribution >= 4 is 11.7 Å². The lowest BCUT2D eigenvalue weighted by Crippen LogP contribution is -2.05. The van der Waals surface area contributed by atoms with Gasteiger partial charge in [-0.1, -0.05) is 0 Å². The highest BCUT2D eigenvalue weighted by atomic mass is 16.6. The fourth-order valence-electron chi connectivity index (χ4n) is 1.21. The second-order valence-electron chi connectivity index (χ2n) is 3.04. The fraction of sp³-hybridized carbons (Fsp3) is 0.300. The number of nitro benzene ring substituents is 1. The SMILES string of the molecule is CCOCc1ccc([N+](=O)[O-])cc1C(=O)O. The Kier molecular flexibility index (Phi) is 3.96. The van der Waals surface area contributed by atoms with Gasteiger partial charge in [-0.3, -0.25) is 10.1 Å². The maximum Gasteiger partial charge on any atom is 0.336 e. The molecule has 1 aromatic rings. The summed E-state index contributed by atoms with van der Waals surface area (Å²) in [5.74, 6) is -1.20. The molecule has 0 radical (unpaired) electrons. The third kappa shape index (κ3) is 2.77. The molecule has 0 amide bonds. The molecular formula is C10H11NO5. The molecule has 0 saturated heterocycles. The lowest BCUT2D eigenvalue weighted by Gasteiger charge is -2.05. The standard InChI is InChI=1S/C10H11NO5/c1-2-16-6-7-3-4-8(11(14)15)5-9(7)10(12)13/h3-5H,2,6H2,1H3,(H,12,13). The van der Waals surface area contributed by atoms with Gasteiger partial charge in [0.1, 0.15) is 0 Å². The first-order valence-electron chi connectivity index (χ1n) is 4.64. The Morgan fingerprint density at radius 3 is 2.75 bits per heavy atom.